The van der Waals surface area contributed by atoms with Crippen LogP contribution in [0.3, 0.4) is 0 Å². The SMILES string of the molecule is O=C1OC(c2cc([N+](=O)[O-])ccc2Cl)=N/C1=C\c1ccccc1Oc1ccc(C(F)(F)F)cc1[N+](=O)[O-]. The molecule has 3 aromatic rings. The molecule has 0 N–H and O–H groups in total. The molecule has 0 saturated carbocycles. The molecule has 0 aliphatic carbocycles. The third kappa shape index (κ3) is 5.41. The lowest BCUT2D eigenvalue weighted by Gasteiger charge is -2.11. The van der Waals surface area contributed by atoms with Crippen LogP contribution in [0.1, 0.15) is 16.7 Å². The van der Waals surface area contributed by atoms with Gasteiger partial charge < -0.3 is 9.47 Å². The Bertz CT molecular complexity index is 1520. The molecule has 1 aliphatic rings. The molecule has 0 saturated heterocycles. The molecular formula is C23H11ClF3N3O7. The van der Waals surface area contributed by atoms with Crippen molar-refractivity contribution in [3.63, 3.8) is 0 Å². The Morgan fingerprint density at radius 3 is 2.38 bits per heavy atom. The molecule has 188 valence electrons. The van der Waals surface area contributed by atoms with E-state index in [1.54, 1.807) is 6.07 Å². The van der Waals surface area contributed by atoms with E-state index in [4.69, 9.17) is 21.1 Å². The number of nitro benzene ring substituents is 2. The van der Waals surface area contributed by atoms with Gasteiger partial charge in [0, 0.05) is 23.8 Å². The first-order valence-corrected chi connectivity index (χ1v) is 10.4. The van der Waals surface area contributed by atoms with E-state index >= 15 is 0 Å². The maximum Gasteiger partial charge on any atom is 0.416 e. The number of nitrogens with zero attached hydrogens (tertiary/aromatic N) is 3. The number of alkyl halides is 3. The summed E-state index contributed by atoms with van der Waals surface area (Å²) in [7, 11) is 0. The minimum Gasteiger partial charge on any atom is -0.449 e. The zero-order valence-corrected chi connectivity index (χ0v) is 18.8. The van der Waals surface area contributed by atoms with Crippen molar-refractivity contribution in [3.8, 4) is 11.5 Å². The van der Waals surface area contributed by atoms with Crippen LogP contribution >= 0.6 is 11.6 Å². The van der Waals surface area contributed by atoms with Crippen molar-refractivity contribution < 1.29 is 37.3 Å². The van der Waals surface area contributed by atoms with Crippen molar-refractivity contribution in [2.75, 3.05) is 0 Å². The molecule has 1 heterocycles. The molecule has 1 aliphatic heterocycles. The van der Waals surface area contributed by atoms with Gasteiger partial charge in [0.2, 0.25) is 11.6 Å². The fourth-order valence-corrected chi connectivity index (χ4v) is 3.39. The third-order valence-electron chi connectivity index (χ3n) is 4.93. The maximum atomic E-state index is 13.0. The predicted molar refractivity (Wildman–Crippen MR) is 123 cm³/mol. The summed E-state index contributed by atoms with van der Waals surface area (Å²) in [5, 5.41) is 22.5. The number of esters is 1. The lowest BCUT2D eigenvalue weighted by atomic mass is 10.1. The Labute approximate surface area is 209 Å². The number of aliphatic imine (C=N–C) groups is 1. The average molecular weight is 534 g/mol. The zero-order chi connectivity index (χ0) is 26.9. The van der Waals surface area contributed by atoms with Crippen molar-refractivity contribution >= 4 is 40.9 Å². The minimum absolute atomic E-state index is 0.00229. The molecule has 4 rings (SSSR count). The first-order chi connectivity index (χ1) is 17.4. The van der Waals surface area contributed by atoms with Crippen LogP contribution < -0.4 is 4.74 Å². The molecule has 14 heteroatoms. The van der Waals surface area contributed by atoms with Crippen LogP contribution in [0.4, 0.5) is 24.5 Å². The van der Waals surface area contributed by atoms with Crippen LogP contribution in [0.5, 0.6) is 11.5 Å². The van der Waals surface area contributed by atoms with Crippen LogP contribution in [-0.4, -0.2) is 21.7 Å². The number of benzene rings is 3. The summed E-state index contributed by atoms with van der Waals surface area (Å²) in [6.45, 7) is 0. The highest BCUT2D eigenvalue weighted by atomic mass is 35.5. The number of ether oxygens (including phenoxy) is 2. The van der Waals surface area contributed by atoms with Crippen LogP contribution in [0.2, 0.25) is 5.02 Å². The van der Waals surface area contributed by atoms with Gasteiger partial charge in [-0.25, -0.2) is 9.79 Å². The van der Waals surface area contributed by atoms with Gasteiger partial charge in [-0.3, -0.25) is 20.2 Å². The number of nitro groups is 2. The predicted octanol–water partition coefficient (Wildman–Crippen LogP) is 6.31. The highest BCUT2D eigenvalue weighted by Gasteiger charge is 2.34. The average Bonchev–Trinajstić information content (AvgIpc) is 3.19. The molecule has 0 spiro atoms. The molecule has 0 atom stereocenters. The van der Waals surface area contributed by atoms with Gasteiger partial charge in [0.15, 0.2) is 5.70 Å². The van der Waals surface area contributed by atoms with Gasteiger partial charge in [0.25, 0.3) is 5.69 Å². The molecule has 10 nitrogen and oxygen atoms in total. The molecular weight excluding hydrogens is 523 g/mol. The van der Waals surface area contributed by atoms with Crippen LogP contribution in [-0.2, 0) is 15.7 Å². The zero-order valence-electron chi connectivity index (χ0n) is 18.1. The molecule has 0 unspecified atom stereocenters. The monoisotopic (exact) mass is 533 g/mol. The van der Waals surface area contributed by atoms with Crippen molar-refractivity contribution in [2.45, 2.75) is 6.18 Å². The molecule has 0 fully saturated rings. The highest BCUT2D eigenvalue weighted by Crippen LogP contribution is 2.39. The lowest BCUT2D eigenvalue weighted by Crippen LogP contribution is -2.06. The Morgan fingerprint density at radius 1 is 0.973 bits per heavy atom. The Hall–Kier alpha value is -4.78. The summed E-state index contributed by atoms with van der Waals surface area (Å²) in [6.07, 6.45) is -3.59. The Kier molecular flexibility index (Phi) is 6.64. The van der Waals surface area contributed by atoms with Gasteiger partial charge in [-0.15, -0.1) is 0 Å². The first-order valence-electron chi connectivity index (χ1n) is 10.0. The van der Waals surface area contributed by atoms with Gasteiger partial charge in [-0.2, -0.15) is 13.2 Å². The summed E-state index contributed by atoms with van der Waals surface area (Å²) in [4.78, 5) is 37.2. The lowest BCUT2D eigenvalue weighted by molar-refractivity contribution is -0.385. The number of carbonyl (C=O) groups is 1. The van der Waals surface area contributed by atoms with E-state index < -0.39 is 39.0 Å². The molecule has 37 heavy (non-hydrogen) atoms. The summed E-state index contributed by atoms with van der Waals surface area (Å²) < 4.78 is 49.6. The number of para-hydroxylation sites is 1. The van der Waals surface area contributed by atoms with E-state index in [2.05, 4.69) is 4.99 Å². The van der Waals surface area contributed by atoms with E-state index in [9.17, 15) is 38.2 Å². The molecule has 0 aromatic heterocycles. The topological polar surface area (TPSA) is 134 Å². The van der Waals surface area contributed by atoms with Gasteiger partial charge in [-0.05, 0) is 30.3 Å². The number of hydrogen-bond donors (Lipinski definition) is 0. The highest BCUT2D eigenvalue weighted by molar-refractivity contribution is 6.34. The standard InChI is InChI=1S/C23H11ClF3N3O7/c24-16-7-6-14(29(32)33)11-15(16)21-28-17(22(31)37-21)9-12-3-1-2-4-19(12)36-20-8-5-13(23(25,26)27)10-18(20)30(34)35/h1-11H/b17-9-. The van der Waals surface area contributed by atoms with Crippen molar-refractivity contribution in [1.82, 2.24) is 0 Å². The summed E-state index contributed by atoms with van der Waals surface area (Å²) in [5.74, 6) is -1.72. The third-order valence-corrected chi connectivity index (χ3v) is 5.26. The fraction of sp³-hybridized carbons (Fsp3) is 0.0435. The number of non-ortho nitro benzene ring substituents is 1. The maximum absolute atomic E-state index is 13.0. The number of rotatable bonds is 6. The smallest absolute Gasteiger partial charge is 0.416 e. The van der Waals surface area contributed by atoms with Gasteiger partial charge in [-0.1, -0.05) is 29.8 Å². The minimum atomic E-state index is -4.80. The van der Waals surface area contributed by atoms with Gasteiger partial charge in [0.05, 0.1) is 26.0 Å². The second-order valence-electron chi connectivity index (χ2n) is 7.33. The molecule has 0 bridgehead atoms. The normalized spacial score (nSPS) is 14.3. The molecule has 0 radical (unpaired) electrons. The second-order valence-corrected chi connectivity index (χ2v) is 7.74. The number of carbonyl (C=O) groups excluding carboxylic acids is 1. The van der Waals surface area contributed by atoms with Crippen molar-refractivity contribution in [3.05, 3.63) is 108 Å². The van der Waals surface area contributed by atoms with E-state index in [-0.39, 0.29) is 39.2 Å². The molecule has 0 amide bonds. The van der Waals surface area contributed by atoms with E-state index in [1.165, 1.54) is 30.3 Å². The Balaban J connectivity index is 1.71. The second kappa shape index (κ2) is 9.70. The molecule has 3 aromatic carbocycles. The summed E-state index contributed by atoms with van der Waals surface area (Å²) >= 11 is 6.07. The Morgan fingerprint density at radius 2 is 1.70 bits per heavy atom. The number of halogens is 4. The van der Waals surface area contributed by atoms with Crippen LogP contribution in [0, 0.1) is 20.2 Å². The van der Waals surface area contributed by atoms with E-state index in [1.807, 2.05) is 0 Å². The van der Waals surface area contributed by atoms with Crippen molar-refractivity contribution in [1.29, 1.82) is 0 Å². The van der Waals surface area contributed by atoms with Gasteiger partial charge in [0.1, 0.15) is 5.75 Å². The first kappa shape index (κ1) is 25.3. The van der Waals surface area contributed by atoms with Crippen LogP contribution in [0.15, 0.2) is 71.4 Å². The van der Waals surface area contributed by atoms with Crippen molar-refractivity contribution in [2.24, 2.45) is 4.99 Å². The quantitative estimate of drug-likeness (QED) is 0.157. The largest absolute Gasteiger partial charge is 0.449 e. The summed E-state index contributed by atoms with van der Waals surface area (Å²) in [5.41, 5.74) is -2.53. The number of cyclic esters (lactones) is 1. The van der Waals surface area contributed by atoms with Crippen LogP contribution in [0.25, 0.3) is 6.08 Å². The van der Waals surface area contributed by atoms with E-state index in [0.29, 0.717) is 12.1 Å². The van der Waals surface area contributed by atoms with E-state index in [0.717, 1.165) is 18.2 Å². The van der Waals surface area contributed by atoms with Gasteiger partial charge >= 0.3 is 17.8 Å². The number of hydrogen-bond acceptors (Lipinski definition) is 8. The summed E-state index contributed by atoms with van der Waals surface area (Å²) in [6, 6.07) is 11.2. The fourth-order valence-electron chi connectivity index (χ4n) is 3.20.